The summed E-state index contributed by atoms with van der Waals surface area (Å²) in [5.41, 5.74) is 2.21. The minimum Gasteiger partial charge on any atom is -0.292 e. The molecule has 1 aliphatic carbocycles. The molecule has 0 aliphatic heterocycles. The average Bonchev–Trinajstić information content (AvgIpc) is 3.05. The Hall–Kier alpha value is -2.11. The lowest BCUT2D eigenvalue weighted by Gasteiger charge is -2.29. The van der Waals surface area contributed by atoms with Crippen molar-refractivity contribution >= 4 is 0 Å². The molecule has 0 amide bonds. The van der Waals surface area contributed by atoms with Gasteiger partial charge in [0.2, 0.25) is 0 Å². The van der Waals surface area contributed by atoms with Gasteiger partial charge >= 0.3 is 0 Å². The normalized spacial score (nSPS) is 17.8. The highest BCUT2D eigenvalue weighted by Gasteiger charge is 2.36. The second kappa shape index (κ2) is 6.77. The molecule has 2 nitrogen and oxygen atoms in total. The number of nitrogens with zero attached hydrogens (tertiary/aromatic N) is 1. The van der Waals surface area contributed by atoms with Crippen LogP contribution in [-0.4, -0.2) is 5.54 Å². The summed E-state index contributed by atoms with van der Waals surface area (Å²) in [5.74, 6) is 0. The third-order valence-corrected chi connectivity index (χ3v) is 4.61. The van der Waals surface area contributed by atoms with Gasteiger partial charge in [-0.1, -0.05) is 73.5 Å². The van der Waals surface area contributed by atoms with Gasteiger partial charge in [0.1, 0.15) is 5.54 Å². The molecule has 0 spiro atoms. The molecule has 1 N–H and O–H groups in total. The molecule has 112 valence electrons. The van der Waals surface area contributed by atoms with Gasteiger partial charge in [-0.3, -0.25) is 5.32 Å². The number of rotatable bonds is 5. The number of hydrogen-bond donors (Lipinski definition) is 1. The molecule has 0 aromatic heterocycles. The van der Waals surface area contributed by atoms with Crippen LogP contribution in [0.5, 0.6) is 0 Å². The summed E-state index contributed by atoms with van der Waals surface area (Å²) in [4.78, 5) is 0. The van der Waals surface area contributed by atoms with Crippen molar-refractivity contribution in [1.29, 1.82) is 5.26 Å². The summed E-state index contributed by atoms with van der Waals surface area (Å²) in [5, 5.41) is 13.3. The number of nitrogens with one attached hydrogen (secondary N) is 1. The second-order valence-corrected chi connectivity index (χ2v) is 6.20. The van der Waals surface area contributed by atoms with E-state index in [0.717, 1.165) is 32.1 Å². The summed E-state index contributed by atoms with van der Waals surface area (Å²) in [6, 6.07) is 23.7. The van der Waals surface area contributed by atoms with Crippen LogP contribution in [0.25, 0.3) is 0 Å². The van der Waals surface area contributed by atoms with E-state index in [4.69, 9.17) is 0 Å². The first-order valence-electron chi connectivity index (χ1n) is 8.09. The highest BCUT2D eigenvalue weighted by molar-refractivity contribution is 5.25. The van der Waals surface area contributed by atoms with Gasteiger partial charge in [0, 0.05) is 6.04 Å². The molecule has 22 heavy (non-hydrogen) atoms. The molecule has 1 saturated carbocycles. The van der Waals surface area contributed by atoms with E-state index in [1.807, 2.05) is 12.1 Å². The van der Waals surface area contributed by atoms with Gasteiger partial charge < -0.3 is 0 Å². The van der Waals surface area contributed by atoms with Crippen LogP contribution in [0.1, 0.15) is 42.9 Å². The average molecular weight is 290 g/mol. The van der Waals surface area contributed by atoms with E-state index >= 15 is 0 Å². The monoisotopic (exact) mass is 290 g/mol. The maximum Gasteiger partial charge on any atom is 0.107 e. The Morgan fingerprint density at radius 1 is 0.955 bits per heavy atom. The summed E-state index contributed by atoms with van der Waals surface area (Å²) >= 11 is 0. The van der Waals surface area contributed by atoms with Crippen LogP contribution in [0.3, 0.4) is 0 Å². The number of hydrogen-bond acceptors (Lipinski definition) is 2. The van der Waals surface area contributed by atoms with E-state index < -0.39 is 0 Å². The van der Waals surface area contributed by atoms with Crippen molar-refractivity contribution in [2.45, 2.75) is 43.7 Å². The highest BCUT2D eigenvalue weighted by atomic mass is 15.0. The van der Waals surface area contributed by atoms with E-state index in [1.165, 1.54) is 11.1 Å². The molecule has 1 atom stereocenters. The lowest BCUT2D eigenvalue weighted by atomic mass is 9.92. The third-order valence-electron chi connectivity index (χ3n) is 4.61. The number of nitriles is 1. The van der Waals surface area contributed by atoms with Crippen LogP contribution in [0.2, 0.25) is 0 Å². The van der Waals surface area contributed by atoms with E-state index in [9.17, 15) is 5.26 Å². The largest absolute Gasteiger partial charge is 0.292 e. The summed E-state index contributed by atoms with van der Waals surface area (Å²) in [7, 11) is 0. The van der Waals surface area contributed by atoms with Crippen LogP contribution in [0.4, 0.5) is 0 Å². The maximum absolute atomic E-state index is 9.67. The van der Waals surface area contributed by atoms with Crippen molar-refractivity contribution in [3.05, 3.63) is 71.8 Å². The second-order valence-electron chi connectivity index (χ2n) is 6.20. The molecule has 1 unspecified atom stereocenters. The van der Waals surface area contributed by atoms with Crippen LogP contribution in [0.15, 0.2) is 60.7 Å². The smallest absolute Gasteiger partial charge is 0.107 e. The first-order valence-corrected chi connectivity index (χ1v) is 8.09. The summed E-state index contributed by atoms with van der Waals surface area (Å²) in [6.07, 6.45) is 5.12. The van der Waals surface area contributed by atoms with E-state index in [1.54, 1.807) is 0 Å². The molecular weight excluding hydrogens is 268 g/mol. The van der Waals surface area contributed by atoms with Crippen molar-refractivity contribution < 1.29 is 0 Å². The van der Waals surface area contributed by atoms with Crippen LogP contribution < -0.4 is 5.32 Å². The molecule has 0 saturated heterocycles. The zero-order chi connectivity index (χ0) is 15.3. The minimum atomic E-state index is -0.352. The molecule has 0 heterocycles. The minimum absolute atomic E-state index is 0.182. The van der Waals surface area contributed by atoms with Gasteiger partial charge in [-0.2, -0.15) is 5.26 Å². The Bertz CT molecular complexity index is 622. The Balaban J connectivity index is 1.85. The zero-order valence-electron chi connectivity index (χ0n) is 12.8. The molecule has 3 rings (SSSR count). The van der Waals surface area contributed by atoms with Crippen LogP contribution in [0, 0.1) is 11.3 Å². The lowest BCUT2D eigenvalue weighted by molar-refractivity contribution is 0.361. The van der Waals surface area contributed by atoms with Gasteiger partial charge in [0.25, 0.3) is 0 Å². The first-order chi connectivity index (χ1) is 10.8. The fourth-order valence-corrected chi connectivity index (χ4v) is 3.39. The fourth-order valence-electron chi connectivity index (χ4n) is 3.39. The van der Waals surface area contributed by atoms with Gasteiger partial charge in [-0.25, -0.2) is 0 Å². The predicted molar refractivity (Wildman–Crippen MR) is 89.3 cm³/mol. The van der Waals surface area contributed by atoms with Gasteiger partial charge in [-0.05, 0) is 30.4 Å². The molecule has 2 aromatic carbocycles. The van der Waals surface area contributed by atoms with E-state index in [-0.39, 0.29) is 11.6 Å². The van der Waals surface area contributed by atoms with Crippen molar-refractivity contribution in [2.24, 2.45) is 0 Å². The molecule has 2 heteroatoms. The quantitative estimate of drug-likeness (QED) is 0.886. The molecule has 1 fully saturated rings. The van der Waals surface area contributed by atoms with Gasteiger partial charge in [0.05, 0.1) is 6.07 Å². The predicted octanol–water partition coefficient (Wildman–Crippen LogP) is 4.40. The third kappa shape index (κ3) is 3.37. The van der Waals surface area contributed by atoms with Gasteiger partial charge in [-0.15, -0.1) is 0 Å². The standard InChI is InChI=1S/C20H22N2/c21-16-20(13-7-8-14-20)22-19(18-11-5-2-6-12-18)15-17-9-3-1-4-10-17/h1-6,9-12,19,22H,7-8,13-15H2. The Kier molecular flexibility index (Phi) is 4.56. The topological polar surface area (TPSA) is 35.8 Å². The highest BCUT2D eigenvalue weighted by Crippen LogP contribution is 2.32. The van der Waals surface area contributed by atoms with Crippen LogP contribution in [-0.2, 0) is 6.42 Å². The summed E-state index contributed by atoms with van der Waals surface area (Å²) < 4.78 is 0. The molecule has 1 aliphatic rings. The SMILES string of the molecule is N#CC1(NC(Cc2ccccc2)c2ccccc2)CCCC1. The molecular formula is C20H22N2. The first kappa shape index (κ1) is 14.8. The Morgan fingerprint density at radius 2 is 1.55 bits per heavy atom. The Labute approximate surface area is 132 Å². The van der Waals surface area contributed by atoms with Gasteiger partial charge in [0.15, 0.2) is 0 Å². The lowest BCUT2D eigenvalue weighted by Crippen LogP contribution is -2.44. The van der Waals surface area contributed by atoms with Crippen molar-refractivity contribution in [2.75, 3.05) is 0 Å². The Morgan fingerprint density at radius 3 is 2.14 bits per heavy atom. The molecule has 0 radical (unpaired) electrons. The van der Waals surface area contributed by atoms with Crippen molar-refractivity contribution in [1.82, 2.24) is 5.32 Å². The fraction of sp³-hybridized carbons (Fsp3) is 0.350. The van der Waals surface area contributed by atoms with E-state index in [0.29, 0.717) is 0 Å². The van der Waals surface area contributed by atoms with Crippen LogP contribution >= 0.6 is 0 Å². The zero-order valence-corrected chi connectivity index (χ0v) is 12.8. The maximum atomic E-state index is 9.67. The molecule has 2 aromatic rings. The van der Waals surface area contributed by atoms with E-state index in [2.05, 4.69) is 59.9 Å². The van der Waals surface area contributed by atoms with Crippen molar-refractivity contribution in [3.63, 3.8) is 0 Å². The van der Waals surface area contributed by atoms with Crippen molar-refractivity contribution in [3.8, 4) is 6.07 Å². The summed E-state index contributed by atoms with van der Waals surface area (Å²) in [6.45, 7) is 0. The number of benzene rings is 2. The molecule has 0 bridgehead atoms.